The van der Waals surface area contributed by atoms with Gasteiger partial charge in [0, 0.05) is 138 Å². The number of rotatable bonds is 37. The van der Waals surface area contributed by atoms with Crippen molar-refractivity contribution >= 4 is 164 Å². The fourth-order valence-corrected chi connectivity index (χ4v) is 14.5. The molecule has 0 atom stereocenters. The molecule has 20 heterocycles. The number of hydrogen-bond donors (Lipinski definition) is 2. The van der Waals surface area contributed by atoms with Crippen LogP contribution in [0.2, 0.25) is 0 Å². The number of aromatic nitrogens is 28. The van der Waals surface area contributed by atoms with Gasteiger partial charge in [0.1, 0.15) is 93.1 Å². The SMILES string of the molecule is c1ccc(N(c2ccccn2)c2nc(NCCN(CCN(CCNc3nc(N(c4ccccn4)c4ccccn4)nc(N(c4ccccn4)c4ccccn4)n3)c3nc(N(c4ccccn4)c4ccccn4)nc(N(c4ccccn4)c4ccccn4)n3)c3nc(N(c4ccccn4)c4ccccn4)nc(N(c4ccccn4)c4ccccn4)n3)nc(N(c3ccccn3)c3ccccn3)n2)nc1. The van der Waals surface area contributed by atoms with Gasteiger partial charge in [0.25, 0.3) is 0 Å². The summed E-state index contributed by atoms with van der Waals surface area (Å²) in [6.07, 6.45) is 27.0. The second-order valence-electron chi connectivity index (χ2n) is 29.5. The fraction of sp³-hybridized carbons (Fsp3) is 0.0612. The van der Waals surface area contributed by atoms with Crippen molar-refractivity contribution in [2.24, 2.45) is 0 Å². The van der Waals surface area contributed by atoms with E-state index in [2.05, 4.69) is 10.6 Å². The zero-order valence-corrected chi connectivity index (χ0v) is 73.2. The summed E-state index contributed by atoms with van der Waals surface area (Å²) < 4.78 is 0. The molecule has 20 aromatic rings. The van der Waals surface area contributed by atoms with Gasteiger partial charge in [0.15, 0.2) is 0 Å². The standard InChI is InChI=1S/C98H78N40/c1-17-49-99-71(33-1)131(72-34-2-18-50-100-72)91-117-87(118-92(125-91)132(73-35-3-19-51-101-73)74-36-4-20-52-102-74)115-65-67-129(89-121-95(135(79-41-9-25-57-107-79)80-42-10-26-58-108-80)127-96(122-89)136(81-43-11-27-59-109-81)82-44-12-28-60-110-82)69-70-130(90-123-97(137(83-45-13-29-61-111-83)84-46-14-30-62-112-84)128-98(124-90)138(85-47-15-31-63-113-85)86-48-16-32-64-114-86)68-66-116-88-119-93(133(75-37-5-21-53-103-75)76-38-6-22-54-104-76)126-94(120-88)134(77-39-7-23-55-105-77)78-40-8-24-56-106-78/h1-64H,65-70H2,(H,115,117,118,125)(H,116,119,120,126). The summed E-state index contributed by atoms with van der Waals surface area (Å²) in [5, 5.41) is 7.31. The maximum Gasteiger partial charge on any atom is 0.243 e. The minimum absolute atomic E-state index is 0.00982. The molecule has 0 saturated carbocycles. The smallest absolute Gasteiger partial charge is 0.243 e. The molecule has 40 nitrogen and oxygen atoms in total. The molecule has 40 heteroatoms. The molecule has 138 heavy (non-hydrogen) atoms. The van der Waals surface area contributed by atoms with E-state index in [0.717, 1.165) is 0 Å². The Labute approximate surface area is 789 Å². The van der Waals surface area contributed by atoms with Crippen LogP contribution in [-0.2, 0) is 0 Å². The van der Waals surface area contributed by atoms with Crippen LogP contribution in [0.15, 0.2) is 390 Å². The lowest BCUT2D eigenvalue weighted by Gasteiger charge is -2.31. The molecular formula is C98H78N40. The molecular weight excluding hydrogens is 1740 g/mol. The third kappa shape index (κ3) is 20.0. The quantitative estimate of drug-likeness (QED) is 0.0365. The first-order valence-electron chi connectivity index (χ1n) is 43.5. The Kier molecular flexibility index (Phi) is 26.1. The highest BCUT2D eigenvalue weighted by Crippen LogP contribution is 2.42. The van der Waals surface area contributed by atoms with Crippen molar-refractivity contribution in [3.63, 3.8) is 0 Å². The van der Waals surface area contributed by atoms with Crippen molar-refractivity contribution in [2.75, 3.05) is 98.9 Å². The zero-order chi connectivity index (χ0) is 92.6. The second kappa shape index (κ2) is 41.9. The van der Waals surface area contributed by atoms with Crippen LogP contribution in [0, 0.1) is 0 Å². The van der Waals surface area contributed by atoms with Gasteiger partial charge in [0.05, 0.1) is 0 Å². The Hall–Kier alpha value is -20.0. The van der Waals surface area contributed by atoms with Crippen LogP contribution in [0.4, 0.5) is 164 Å². The van der Waals surface area contributed by atoms with Crippen LogP contribution < -0.4 is 59.6 Å². The predicted molar refractivity (Wildman–Crippen MR) is 523 cm³/mol. The first kappa shape index (κ1) is 86.1. The third-order valence-electron chi connectivity index (χ3n) is 20.6. The number of anilines is 28. The molecule has 0 aliphatic carbocycles. The Balaban J connectivity index is 0.790. The highest BCUT2D eigenvalue weighted by molar-refractivity contribution is 5.78. The molecule has 20 aromatic heterocycles. The van der Waals surface area contributed by atoms with Crippen molar-refractivity contribution in [1.82, 2.24) is 140 Å². The Bertz CT molecular complexity index is 6100. The number of nitrogens with one attached hydrogen (secondary N) is 2. The molecule has 0 aliphatic heterocycles. The van der Waals surface area contributed by atoms with Crippen LogP contribution in [-0.4, -0.2) is 179 Å². The van der Waals surface area contributed by atoms with E-state index < -0.39 is 0 Å². The van der Waals surface area contributed by atoms with Gasteiger partial charge in [-0.25, -0.2) is 119 Å². The van der Waals surface area contributed by atoms with Crippen LogP contribution >= 0.6 is 0 Å². The summed E-state index contributed by atoms with van der Waals surface area (Å²) in [7, 11) is 0. The van der Waals surface area contributed by atoms with Crippen molar-refractivity contribution in [3.8, 4) is 0 Å². The van der Waals surface area contributed by atoms with E-state index in [4.69, 9.17) is 140 Å². The minimum atomic E-state index is 0.00982. The van der Waals surface area contributed by atoms with E-state index in [1.54, 1.807) is 138 Å². The molecule has 0 bridgehead atoms. The topological polar surface area (TPSA) is 417 Å². The van der Waals surface area contributed by atoms with Gasteiger partial charge in [-0.3, -0.25) is 0 Å². The molecule has 0 unspecified atom stereocenters. The number of hydrogen-bond acceptors (Lipinski definition) is 40. The van der Waals surface area contributed by atoms with Crippen molar-refractivity contribution in [3.05, 3.63) is 390 Å². The first-order valence-corrected chi connectivity index (χ1v) is 43.5. The fourth-order valence-electron chi connectivity index (χ4n) is 14.5. The zero-order valence-electron chi connectivity index (χ0n) is 73.2. The predicted octanol–water partition coefficient (Wildman–Crippen LogP) is 17.0. The summed E-state index contributed by atoms with van der Waals surface area (Å²) in [4.78, 5) is 161. The van der Waals surface area contributed by atoms with E-state index in [1.165, 1.54) is 0 Å². The summed E-state index contributed by atoms with van der Waals surface area (Å²) in [5.41, 5.74) is 0. The molecule has 0 fully saturated rings. The number of pyridine rings is 16. The molecule has 0 amide bonds. The average molecular weight is 1820 g/mol. The third-order valence-corrected chi connectivity index (χ3v) is 20.6. The lowest BCUT2D eigenvalue weighted by atomic mass is 10.3. The molecule has 0 spiro atoms. The maximum atomic E-state index is 5.60. The van der Waals surface area contributed by atoms with Gasteiger partial charge in [-0.2, -0.15) is 59.8 Å². The molecule has 670 valence electrons. The lowest BCUT2D eigenvalue weighted by Crippen LogP contribution is -2.41. The summed E-state index contributed by atoms with van der Waals surface area (Å²) in [6.45, 7) is 0.167. The van der Waals surface area contributed by atoms with Crippen LogP contribution in [0.25, 0.3) is 0 Å². The Morgan fingerprint density at radius 3 is 0.384 bits per heavy atom. The van der Waals surface area contributed by atoms with E-state index in [0.29, 0.717) is 93.1 Å². The van der Waals surface area contributed by atoms with Gasteiger partial charge in [-0.05, 0) is 194 Å². The van der Waals surface area contributed by atoms with E-state index in [1.807, 2.05) is 301 Å². The monoisotopic (exact) mass is 1810 g/mol. The van der Waals surface area contributed by atoms with Gasteiger partial charge in [-0.1, -0.05) is 97.1 Å². The number of nitrogens with zero attached hydrogens (tertiary/aromatic N) is 38. The lowest BCUT2D eigenvalue weighted by molar-refractivity contribution is 0.698. The highest BCUT2D eigenvalue weighted by atomic mass is 15.5. The molecule has 0 saturated heterocycles. The van der Waals surface area contributed by atoms with Gasteiger partial charge in [-0.15, -0.1) is 0 Å². The van der Waals surface area contributed by atoms with Crippen molar-refractivity contribution in [1.29, 1.82) is 0 Å². The van der Waals surface area contributed by atoms with Gasteiger partial charge >= 0.3 is 0 Å². The normalized spacial score (nSPS) is 10.9. The Morgan fingerprint density at radius 2 is 0.261 bits per heavy atom. The molecule has 0 aromatic carbocycles. The molecule has 0 radical (unpaired) electrons. The minimum Gasteiger partial charge on any atom is -0.352 e. The van der Waals surface area contributed by atoms with E-state index in [9.17, 15) is 0 Å². The average Bonchev–Trinajstić information content (AvgIpc) is 0.782. The first-order chi connectivity index (χ1) is 68.5. The van der Waals surface area contributed by atoms with E-state index in [-0.39, 0.29) is 111 Å². The van der Waals surface area contributed by atoms with Crippen LogP contribution in [0.1, 0.15) is 0 Å². The van der Waals surface area contributed by atoms with Gasteiger partial charge in [0.2, 0.25) is 71.4 Å². The summed E-state index contributed by atoms with van der Waals surface area (Å²) >= 11 is 0. The molecule has 2 N–H and O–H groups in total. The summed E-state index contributed by atoms with van der Waals surface area (Å²) in [6, 6.07) is 88.7. The molecule has 0 aliphatic rings. The largest absolute Gasteiger partial charge is 0.352 e. The Morgan fingerprint density at radius 1 is 0.138 bits per heavy atom. The summed E-state index contributed by atoms with van der Waals surface area (Å²) in [5.74, 6) is 8.32. The second-order valence-corrected chi connectivity index (χ2v) is 29.5. The highest BCUT2D eigenvalue weighted by Gasteiger charge is 2.33. The van der Waals surface area contributed by atoms with Crippen LogP contribution in [0.3, 0.4) is 0 Å². The maximum absolute atomic E-state index is 5.60. The molecule has 20 rings (SSSR count). The van der Waals surface area contributed by atoms with Crippen LogP contribution in [0.5, 0.6) is 0 Å². The van der Waals surface area contributed by atoms with Crippen molar-refractivity contribution in [2.45, 2.75) is 0 Å². The van der Waals surface area contributed by atoms with Gasteiger partial charge < -0.3 is 20.4 Å². The van der Waals surface area contributed by atoms with Crippen molar-refractivity contribution < 1.29 is 0 Å². The van der Waals surface area contributed by atoms with E-state index >= 15 is 0 Å².